The standard InChI is InChI=1S/C33H35Cl2N4O4P/c1-5-42-44(41,43-6-2)17-16-37-33(31-21-36-22-38(31)3,24-10-13-26(34)14-11-24)25-12-15-30-29(19-25)28(20-32(40)39(30)4)23-8-7-9-27(35)18-23/h7-15,18-22,37H,5-6,16-17H2,1-4H3/t33-/m1/s1. The van der Waals surface area contributed by atoms with Crippen LogP contribution in [-0.2, 0) is 33.2 Å². The molecule has 44 heavy (non-hydrogen) atoms. The second kappa shape index (κ2) is 13.4. The molecule has 5 rings (SSSR count). The van der Waals surface area contributed by atoms with Crippen molar-refractivity contribution in [1.82, 2.24) is 19.4 Å². The molecular weight excluding hydrogens is 618 g/mol. The van der Waals surface area contributed by atoms with Crippen LogP contribution in [0.4, 0.5) is 0 Å². The van der Waals surface area contributed by atoms with E-state index in [0.29, 0.717) is 10.0 Å². The zero-order valence-corrected chi connectivity index (χ0v) is 27.5. The van der Waals surface area contributed by atoms with Crippen molar-refractivity contribution in [2.24, 2.45) is 14.1 Å². The van der Waals surface area contributed by atoms with Crippen molar-refractivity contribution >= 4 is 41.7 Å². The second-order valence-electron chi connectivity index (χ2n) is 10.4. The highest BCUT2D eigenvalue weighted by molar-refractivity contribution is 7.53. The average Bonchev–Trinajstić information content (AvgIpc) is 3.44. The molecule has 0 amide bonds. The fourth-order valence-corrected chi connectivity index (χ4v) is 7.53. The van der Waals surface area contributed by atoms with Gasteiger partial charge in [-0.3, -0.25) is 14.7 Å². The van der Waals surface area contributed by atoms with Crippen molar-refractivity contribution in [2.75, 3.05) is 25.9 Å². The Bertz CT molecular complexity index is 1880. The number of rotatable bonds is 12. The van der Waals surface area contributed by atoms with Crippen LogP contribution in [0.25, 0.3) is 22.0 Å². The Labute approximate surface area is 267 Å². The quantitative estimate of drug-likeness (QED) is 0.141. The number of imidazole rings is 1. The van der Waals surface area contributed by atoms with Crippen molar-refractivity contribution in [3.63, 3.8) is 0 Å². The number of nitrogens with one attached hydrogen (secondary N) is 1. The molecule has 0 aliphatic rings. The van der Waals surface area contributed by atoms with Crippen LogP contribution >= 0.6 is 30.8 Å². The molecule has 8 nitrogen and oxygen atoms in total. The Hall–Kier alpha value is -3.23. The topological polar surface area (TPSA) is 87.4 Å². The largest absolute Gasteiger partial charge is 0.335 e. The summed E-state index contributed by atoms with van der Waals surface area (Å²) in [6, 6.07) is 22.8. The molecule has 1 atom stereocenters. The van der Waals surface area contributed by atoms with E-state index >= 15 is 0 Å². The zero-order chi connectivity index (χ0) is 31.5. The molecule has 0 saturated heterocycles. The van der Waals surface area contributed by atoms with E-state index in [1.807, 2.05) is 72.4 Å². The number of nitrogens with zero attached hydrogens (tertiary/aromatic N) is 3. The lowest BCUT2D eigenvalue weighted by atomic mass is 9.79. The number of pyridine rings is 1. The van der Waals surface area contributed by atoms with Gasteiger partial charge in [0.2, 0.25) is 0 Å². The Morgan fingerprint density at radius 2 is 1.61 bits per heavy atom. The van der Waals surface area contributed by atoms with Crippen molar-refractivity contribution in [3.8, 4) is 11.1 Å². The maximum Gasteiger partial charge on any atom is 0.331 e. The van der Waals surface area contributed by atoms with Crippen molar-refractivity contribution in [1.29, 1.82) is 0 Å². The lowest BCUT2D eigenvalue weighted by Gasteiger charge is -2.37. The Balaban J connectivity index is 1.78. The van der Waals surface area contributed by atoms with Crippen molar-refractivity contribution < 1.29 is 13.6 Å². The van der Waals surface area contributed by atoms with Gasteiger partial charge < -0.3 is 18.2 Å². The first-order valence-corrected chi connectivity index (χ1v) is 16.9. The summed E-state index contributed by atoms with van der Waals surface area (Å²) in [6.07, 6.45) is 3.71. The van der Waals surface area contributed by atoms with Crippen LogP contribution in [0.15, 0.2) is 90.1 Å². The summed E-state index contributed by atoms with van der Waals surface area (Å²) in [5.74, 6) is 0. The number of aryl methyl sites for hydroxylation is 2. The molecule has 0 aliphatic heterocycles. The maximum absolute atomic E-state index is 13.5. The summed E-state index contributed by atoms with van der Waals surface area (Å²) >= 11 is 12.7. The highest BCUT2D eigenvalue weighted by atomic mass is 35.5. The molecule has 0 aliphatic carbocycles. The normalized spacial score (nSPS) is 13.3. The first kappa shape index (κ1) is 32.2. The summed E-state index contributed by atoms with van der Waals surface area (Å²) < 4.78 is 28.3. The molecule has 0 spiro atoms. The number of aromatic nitrogens is 3. The van der Waals surface area contributed by atoms with Crippen molar-refractivity contribution in [3.05, 3.63) is 123 Å². The fourth-order valence-electron chi connectivity index (χ4n) is 5.70. The lowest BCUT2D eigenvalue weighted by Crippen LogP contribution is -2.47. The Morgan fingerprint density at radius 1 is 0.909 bits per heavy atom. The van der Waals surface area contributed by atoms with Gasteiger partial charge in [0.05, 0.1) is 43.1 Å². The first-order chi connectivity index (χ1) is 21.1. The molecule has 2 heterocycles. The van der Waals surface area contributed by atoms with E-state index in [4.69, 9.17) is 32.2 Å². The number of fused-ring (bicyclic) bond motifs is 1. The van der Waals surface area contributed by atoms with Gasteiger partial charge >= 0.3 is 7.60 Å². The van der Waals surface area contributed by atoms with Gasteiger partial charge in [0.1, 0.15) is 5.54 Å². The highest BCUT2D eigenvalue weighted by Gasteiger charge is 2.40. The number of hydrogen-bond donors (Lipinski definition) is 1. The van der Waals surface area contributed by atoms with Gasteiger partial charge in [-0.1, -0.05) is 53.5 Å². The number of halogens is 2. The molecule has 0 fully saturated rings. The van der Waals surface area contributed by atoms with Gasteiger partial charge in [-0.2, -0.15) is 0 Å². The minimum absolute atomic E-state index is 0.128. The van der Waals surface area contributed by atoms with Gasteiger partial charge in [0.25, 0.3) is 5.56 Å². The van der Waals surface area contributed by atoms with Crippen LogP contribution in [0.5, 0.6) is 0 Å². The molecule has 3 aromatic carbocycles. The predicted molar refractivity (Wildman–Crippen MR) is 178 cm³/mol. The summed E-state index contributed by atoms with van der Waals surface area (Å²) in [7, 11) is 0.348. The van der Waals surface area contributed by atoms with E-state index in [9.17, 15) is 9.36 Å². The van der Waals surface area contributed by atoms with Crippen LogP contribution in [-0.4, -0.2) is 40.0 Å². The number of hydrogen-bond acceptors (Lipinski definition) is 6. The van der Waals surface area contributed by atoms with E-state index in [2.05, 4.69) is 16.4 Å². The van der Waals surface area contributed by atoms with Gasteiger partial charge in [0.15, 0.2) is 0 Å². The van der Waals surface area contributed by atoms with Gasteiger partial charge in [-0.05, 0) is 72.5 Å². The SMILES string of the molecule is CCOP(=O)(CCN[C@](c1ccc(Cl)cc1)(c1ccc2c(c1)c(-c1cccc(Cl)c1)cc(=O)n2C)c1cncn1C)OCC. The molecule has 1 N–H and O–H groups in total. The van der Waals surface area contributed by atoms with Crippen molar-refractivity contribution in [2.45, 2.75) is 19.4 Å². The number of benzene rings is 3. The van der Waals surface area contributed by atoms with E-state index in [1.165, 1.54) is 0 Å². The van der Waals surface area contributed by atoms with Gasteiger partial charge in [-0.15, -0.1) is 0 Å². The molecule has 0 bridgehead atoms. The average molecular weight is 654 g/mol. The van der Waals surface area contributed by atoms with E-state index in [1.54, 1.807) is 43.9 Å². The summed E-state index contributed by atoms with van der Waals surface area (Å²) in [6.45, 7) is 4.44. The van der Waals surface area contributed by atoms with Crippen LogP contribution in [0.1, 0.15) is 30.7 Å². The van der Waals surface area contributed by atoms with Gasteiger partial charge in [0, 0.05) is 42.1 Å². The molecule has 0 unspecified atom stereocenters. The minimum atomic E-state index is -3.35. The molecule has 230 valence electrons. The molecule has 2 aromatic heterocycles. The Morgan fingerprint density at radius 3 is 2.25 bits per heavy atom. The smallest absolute Gasteiger partial charge is 0.331 e. The monoisotopic (exact) mass is 652 g/mol. The Kier molecular flexibility index (Phi) is 9.80. The van der Waals surface area contributed by atoms with Crippen LogP contribution in [0, 0.1) is 0 Å². The summed E-state index contributed by atoms with van der Waals surface area (Å²) in [5, 5.41) is 5.77. The minimum Gasteiger partial charge on any atom is -0.335 e. The van der Waals surface area contributed by atoms with E-state index < -0.39 is 13.1 Å². The summed E-state index contributed by atoms with van der Waals surface area (Å²) in [4.78, 5) is 17.5. The van der Waals surface area contributed by atoms with E-state index in [-0.39, 0.29) is 31.5 Å². The first-order valence-electron chi connectivity index (χ1n) is 14.4. The molecular formula is C33H35Cl2N4O4P. The maximum atomic E-state index is 13.5. The van der Waals surface area contributed by atoms with E-state index in [0.717, 1.165) is 38.9 Å². The molecule has 5 aromatic rings. The molecule has 0 saturated carbocycles. The third-order valence-electron chi connectivity index (χ3n) is 7.72. The van der Waals surface area contributed by atoms with Crippen LogP contribution in [0.2, 0.25) is 10.0 Å². The second-order valence-corrected chi connectivity index (χ2v) is 13.5. The third kappa shape index (κ3) is 6.29. The highest BCUT2D eigenvalue weighted by Crippen LogP contribution is 2.48. The molecule has 11 heteroatoms. The zero-order valence-electron chi connectivity index (χ0n) is 25.1. The molecule has 0 radical (unpaired) electrons. The van der Waals surface area contributed by atoms with Crippen LogP contribution in [0.3, 0.4) is 0 Å². The van der Waals surface area contributed by atoms with Crippen LogP contribution < -0.4 is 10.9 Å². The summed E-state index contributed by atoms with van der Waals surface area (Å²) in [5.41, 5.74) is 3.86. The van der Waals surface area contributed by atoms with Gasteiger partial charge in [-0.25, -0.2) is 4.98 Å². The fraction of sp³-hybridized carbons (Fsp3) is 0.273. The lowest BCUT2D eigenvalue weighted by molar-refractivity contribution is 0.219. The third-order valence-corrected chi connectivity index (χ3v) is 10.3. The predicted octanol–water partition coefficient (Wildman–Crippen LogP) is 7.39.